The minimum absolute atomic E-state index is 0. The molecule has 42 valence electrons. The fraction of sp³-hybridized carbons (Fsp3) is 0.429. The van der Waals surface area contributed by atoms with Crippen LogP contribution in [-0.4, -0.2) is 0 Å². The van der Waals surface area contributed by atoms with E-state index in [4.69, 9.17) is 0 Å². The molecule has 0 N–H and O–H groups in total. The Morgan fingerprint density at radius 1 is 1.00 bits per heavy atom. The van der Waals surface area contributed by atoms with E-state index in [0.29, 0.717) is 5.41 Å². The molecule has 1 heteroatoms. The molecule has 0 aromatic heterocycles. The Labute approximate surface area is 65.6 Å². The molecule has 0 bridgehead atoms. The van der Waals surface area contributed by atoms with Crippen LogP contribution in [0.25, 0.3) is 0 Å². The van der Waals surface area contributed by atoms with Crippen LogP contribution < -0.4 is 0 Å². The zero-order valence-corrected chi connectivity index (χ0v) is 6.87. The molecular formula is C7H10Ti. The van der Waals surface area contributed by atoms with E-state index in [0.717, 1.165) is 0 Å². The smallest absolute Gasteiger partial charge is 0.00106 e. The van der Waals surface area contributed by atoms with Crippen LogP contribution in [-0.2, 0) is 21.7 Å². The van der Waals surface area contributed by atoms with Crippen molar-refractivity contribution in [2.75, 3.05) is 0 Å². The minimum Gasteiger partial charge on any atom is -0.0751 e. The van der Waals surface area contributed by atoms with E-state index < -0.39 is 0 Å². The maximum atomic E-state index is 2.19. The molecule has 0 radical (unpaired) electrons. The third-order valence-corrected chi connectivity index (χ3v) is 1.16. The second-order valence-corrected chi connectivity index (χ2v) is 2.54. The van der Waals surface area contributed by atoms with Crippen molar-refractivity contribution in [2.24, 2.45) is 5.41 Å². The van der Waals surface area contributed by atoms with Gasteiger partial charge in [-0.15, -0.1) is 0 Å². The predicted molar refractivity (Wildman–Crippen MR) is 32.1 cm³/mol. The molecule has 0 saturated heterocycles. The first-order chi connectivity index (χ1) is 3.21. The number of allylic oxidation sites excluding steroid dienone is 4. The van der Waals surface area contributed by atoms with Gasteiger partial charge in [-0.05, 0) is 0 Å². The Bertz CT molecular complexity index is 106. The van der Waals surface area contributed by atoms with Gasteiger partial charge in [0.25, 0.3) is 0 Å². The first kappa shape index (κ1) is 8.19. The Hall–Kier alpha value is 0.194. The van der Waals surface area contributed by atoms with Gasteiger partial charge in [0.1, 0.15) is 0 Å². The van der Waals surface area contributed by atoms with Gasteiger partial charge in [-0.25, -0.2) is 0 Å². The Kier molecular flexibility index (Phi) is 2.72. The van der Waals surface area contributed by atoms with Crippen molar-refractivity contribution in [1.82, 2.24) is 0 Å². The van der Waals surface area contributed by atoms with Crippen LogP contribution in [0.4, 0.5) is 0 Å². The van der Waals surface area contributed by atoms with Crippen molar-refractivity contribution >= 4 is 0 Å². The van der Waals surface area contributed by atoms with E-state index in [2.05, 4.69) is 38.2 Å². The molecular weight excluding hydrogens is 132 g/mol. The van der Waals surface area contributed by atoms with Crippen molar-refractivity contribution < 1.29 is 21.7 Å². The summed E-state index contributed by atoms with van der Waals surface area (Å²) >= 11 is 0. The Morgan fingerprint density at radius 3 is 1.50 bits per heavy atom. The van der Waals surface area contributed by atoms with Crippen molar-refractivity contribution in [3.05, 3.63) is 24.3 Å². The molecule has 0 nitrogen and oxygen atoms in total. The quantitative estimate of drug-likeness (QED) is 0.454. The SMILES string of the molecule is CC1(C)C=CC=C1.[Ti]. The summed E-state index contributed by atoms with van der Waals surface area (Å²) < 4.78 is 0. The van der Waals surface area contributed by atoms with Crippen molar-refractivity contribution in [3.63, 3.8) is 0 Å². The van der Waals surface area contributed by atoms with Gasteiger partial charge < -0.3 is 0 Å². The van der Waals surface area contributed by atoms with Crippen LogP contribution >= 0.6 is 0 Å². The molecule has 0 saturated carbocycles. The van der Waals surface area contributed by atoms with Crippen molar-refractivity contribution in [2.45, 2.75) is 13.8 Å². The van der Waals surface area contributed by atoms with E-state index in [9.17, 15) is 0 Å². The first-order valence-electron chi connectivity index (χ1n) is 2.58. The summed E-state index contributed by atoms with van der Waals surface area (Å²) in [6.45, 7) is 4.38. The van der Waals surface area contributed by atoms with Crippen molar-refractivity contribution in [3.8, 4) is 0 Å². The van der Waals surface area contributed by atoms with E-state index in [1.165, 1.54) is 0 Å². The van der Waals surface area contributed by atoms with Crippen LogP contribution in [0.2, 0.25) is 0 Å². The average molecular weight is 142 g/mol. The molecule has 0 aliphatic heterocycles. The molecule has 1 rings (SSSR count). The van der Waals surface area contributed by atoms with Crippen LogP contribution in [0.5, 0.6) is 0 Å². The van der Waals surface area contributed by atoms with E-state index in [1.807, 2.05) is 0 Å². The van der Waals surface area contributed by atoms with Gasteiger partial charge in [0, 0.05) is 27.1 Å². The van der Waals surface area contributed by atoms with E-state index in [1.54, 1.807) is 0 Å². The molecule has 8 heavy (non-hydrogen) atoms. The zero-order valence-electron chi connectivity index (χ0n) is 5.31. The second-order valence-electron chi connectivity index (χ2n) is 2.54. The maximum Gasteiger partial charge on any atom is 0.00106 e. The molecule has 1 aliphatic carbocycles. The molecule has 0 heterocycles. The molecule has 0 fully saturated rings. The van der Waals surface area contributed by atoms with Crippen LogP contribution in [0.1, 0.15) is 13.8 Å². The maximum absolute atomic E-state index is 2.19. The second kappa shape index (κ2) is 2.66. The number of hydrogen-bond donors (Lipinski definition) is 0. The fourth-order valence-electron chi connectivity index (χ4n) is 0.663. The monoisotopic (exact) mass is 142 g/mol. The average Bonchev–Trinajstić information content (AvgIpc) is 1.84. The largest absolute Gasteiger partial charge is 0.0751 e. The van der Waals surface area contributed by atoms with E-state index >= 15 is 0 Å². The number of hydrogen-bond acceptors (Lipinski definition) is 0. The molecule has 1 aliphatic rings. The summed E-state index contributed by atoms with van der Waals surface area (Å²) in [6.07, 6.45) is 8.54. The molecule has 0 spiro atoms. The van der Waals surface area contributed by atoms with Gasteiger partial charge in [-0.2, -0.15) is 0 Å². The summed E-state index contributed by atoms with van der Waals surface area (Å²) in [5.74, 6) is 0. The number of rotatable bonds is 0. The van der Waals surface area contributed by atoms with Crippen LogP contribution in [0, 0.1) is 5.41 Å². The molecule has 0 amide bonds. The molecule has 0 aromatic rings. The first-order valence-corrected chi connectivity index (χ1v) is 2.58. The van der Waals surface area contributed by atoms with E-state index in [-0.39, 0.29) is 21.7 Å². The van der Waals surface area contributed by atoms with Gasteiger partial charge in [-0.1, -0.05) is 38.2 Å². The van der Waals surface area contributed by atoms with Crippen molar-refractivity contribution in [1.29, 1.82) is 0 Å². The topological polar surface area (TPSA) is 0 Å². The van der Waals surface area contributed by atoms with Gasteiger partial charge in [0.2, 0.25) is 0 Å². The van der Waals surface area contributed by atoms with Gasteiger partial charge >= 0.3 is 0 Å². The fourth-order valence-corrected chi connectivity index (χ4v) is 0.663. The summed E-state index contributed by atoms with van der Waals surface area (Å²) in [4.78, 5) is 0. The molecule has 0 aromatic carbocycles. The summed E-state index contributed by atoms with van der Waals surface area (Å²) in [5.41, 5.74) is 0.333. The summed E-state index contributed by atoms with van der Waals surface area (Å²) in [5, 5.41) is 0. The predicted octanol–water partition coefficient (Wildman–Crippen LogP) is 2.14. The summed E-state index contributed by atoms with van der Waals surface area (Å²) in [6, 6.07) is 0. The third kappa shape index (κ3) is 1.98. The van der Waals surface area contributed by atoms with Gasteiger partial charge in [0.05, 0.1) is 0 Å². The zero-order chi connectivity index (χ0) is 5.33. The van der Waals surface area contributed by atoms with Crippen LogP contribution in [0.15, 0.2) is 24.3 Å². The van der Waals surface area contributed by atoms with Gasteiger partial charge in [-0.3, -0.25) is 0 Å². The van der Waals surface area contributed by atoms with Gasteiger partial charge in [0.15, 0.2) is 0 Å². The Morgan fingerprint density at radius 2 is 1.38 bits per heavy atom. The molecule has 0 atom stereocenters. The summed E-state index contributed by atoms with van der Waals surface area (Å²) in [7, 11) is 0. The third-order valence-electron chi connectivity index (χ3n) is 1.16. The van der Waals surface area contributed by atoms with Crippen LogP contribution in [0.3, 0.4) is 0 Å². The Balaban J connectivity index is 0.000000490. The molecule has 0 unspecified atom stereocenters. The normalized spacial score (nSPS) is 20.8. The minimum atomic E-state index is 0. The standard InChI is InChI=1S/C7H10.Ti/c1-7(2)5-3-4-6-7;/h3-6H,1-2H3;.